The molecule has 2 fully saturated rings. The van der Waals surface area contributed by atoms with E-state index in [0.717, 1.165) is 43.0 Å². The molecule has 3 heterocycles. The van der Waals surface area contributed by atoms with Gasteiger partial charge >= 0.3 is 0 Å². The standard InChI is InChI=1S/C17H20N4O/c1-19-11-7-3-4-8-12(11)20(2)17(19)14-15(22)13-9-5-6-10-21(13)16(14)18/h3-4,7-8,13,18H,5-6,9-10H2,1-2H3/t13-/m1/s1. The van der Waals surface area contributed by atoms with Crippen molar-refractivity contribution in [2.45, 2.75) is 25.3 Å². The summed E-state index contributed by atoms with van der Waals surface area (Å²) in [5.74, 6) is 1.35. The summed E-state index contributed by atoms with van der Waals surface area (Å²) < 4.78 is 0. The van der Waals surface area contributed by atoms with Crippen molar-refractivity contribution in [2.24, 2.45) is 0 Å². The molecule has 2 saturated heterocycles. The van der Waals surface area contributed by atoms with Gasteiger partial charge in [-0.15, -0.1) is 0 Å². The summed E-state index contributed by atoms with van der Waals surface area (Å²) in [5, 5.41) is 8.51. The Morgan fingerprint density at radius 2 is 1.73 bits per heavy atom. The van der Waals surface area contributed by atoms with Crippen LogP contribution in [0.4, 0.5) is 11.4 Å². The van der Waals surface area contributed by atoms with Crippen molar-refractivity contribution < 1.29 is 4.79 Å². The number of carbonyl (C=O) groups is 1. The highest BCUT2D eigenvalue weighted by Gasteiger charge is 2.45. The van der Waals surface area contributed by atoms with Gasteiger partial charge in [0.2, 0.25) is 0 Å². The molecule has 0 radical (unpaired) electrons. The van der Waals surface area contributed by atoms with E-state index in [0.29, 0.717) is 11.4 Å². The molecule has 0 spiro atoms. The molecule has 1 N–H and O–H groups in total. The van der Waals surface area contributed by atoms with Crippen LogP contribution in [0.3, 0.4) is 0 Å². The molecule has 1 aromatic rings. The minimum atomic E-state index is -0.116. The largest absolute Gasteiger partial charge is 0.346 e. The van der Waals surface area contributed by atoms with Gasteiger partial charge in [-0.1, -0.05) is 12.1 Å². The molecule has 3 aliphatic rings. The van der Waals surface area contributed by atoms with Crippen LogP contribution in [0.2, 0.25) is 0 Å². The van der Waals surface area contributed by atoms with Gasteiger partial charge in [0, 0.05) is 20.6 Å². The van der Waals surface area contributed by atoms with E-state index in [1.165, 1.54) is 0 Å². The molecule has 22 heavy (non-hydrogen) atoms. The molecule has 5 nitrogen and oxygen atoms in total. The number of benzene rings is 1. The number of nitrogens with one attached hydrogen (secondary N) is 1. The summed E-state index contributed by atoms with van der Waals surface area (Å²) >= 11 is 0. The van der Waals surface area contributed by atoms with Crippen LogP contribution >= 0.6 is 0 Å². The lowest BCUT2D eigenvalue weighted by molar-refractivity contribution is -0.118. The highest BCUT2D eigenvalue weighted by Crippen LogP contribution is 2.42. The third-order valence-corrected chi connectivity index (χ3v) is 5.04. The van der Waals surface area contributed by atoms with Crippen LogP contribution in [0.25, 0.3) is 0 Å². The second kappa shape index (κ2) is 4.60. The zero-order valence-electron chi connectivity index (χ0n) is 13.0. The Bertz CT molecular complexity index is 651. The number of nitrogens with zero attached hydrogens (tertiary/aromatic N) is 3. The third-order valence-electron chi connectivity index (χ3n) is 5.04. The Kier molecular flexibility index (Phi) is 2.79. The Morgan fingerprint density at radius 1 is 1.09 bits per heavy atom. The average molecular weight is 296 g/mol. The fourth-order valence-electron chi connectivity index (χ4n) is 3.93. The normalized spacial score (nSPS) is 24.3. The first-order chi connectivity index (χ1) is 10.6. The van der Waals surface area contributed by atoms with Gasteiger partial charge in [-0.05, 0) is 31.4 Å². The molecular weight excluding hydrogens is 276 g/mol. The fourth-order valence-corrected chi connectivity index (χ4v) is 3.93. The number of carbonyl (C=O) groups excluding carboxylic acids is 1. The third kappa shape index (κ3) is 1.59. The van der Waals surface area contributed by atoms with Crippen LogP contribution in [0.1, 0.15) is 19.3 Å². The van der Waals surface area contributed by atoms with Crippen LogP contribution in [0, 0.1) is 5.41 Å². The topological polar surface area (TPSA) is 50.6 Å². The molecule has 0 aromatic heterocycles. The van der Waals surface area contributed by atoms with Crippen molar-refractivity contribution in [2.75, 3.05) is 30.4 Å². The highest BCUT2D eigenvalue weighted by atomic mass is 16.1. The van der Waals surface area contributed by atoms with E-state index in [9.17, 15) is 4.79 Å². The summed E-state index contributed by atoms with van der Waals surface area (Å²) in [7, 11) is 3.95. The van der Waals surface area contributed by atoms with Crippen molar-refractivity contribution in [3.8, 4) is 0 Å². The molecule has 4 rings (SSSR count). The van der Waals surface area contributed by atoms with Crippen molar-refractivity contribution >= 4 is 23.0 Å². The second-order valence-electron chi connectivity index (χ2n) is 6.22. The number of rotatable bonds is 0. The summed E-state index contributed by atoms with van der Waals surface area (Å²) in [6.45, 7) is 0.826. The Balaban J connectivity index is 1.85. The first-order valence-corrected chi connectivity index (χ1v) is 7.82. The second-order valence-corrected chi connectivity index (χ2v) is 6.22. The van der Waals surface area contributed by atoms with E-state index in [-0.39, 0.29) is 11.8 Å². The van der Waals surface area contributed by atoms with Crippen molar-refractivity contribution in [3.63, 3.8) is 0 Å². The quantitative estimate of drug-likeness (QED) is 0.746. The Labute approximate surface area is 130 Å². The number of Topliss-reactive ketones (excluding diaryl/α,β-unsaturated/α-hetero) is 1. The zero-order valence-corrected chi connectivity index (χ0v) is 13.0. The van der Waals surface area contributed by atoms with E-state index in [2.05, 4.69) is 12.1 Å². The lowest BCUT2D eigenvalue weighted by atomic mass is 10.0. The summed E-state index contributed by atoms with van der Waals surface area (Å²) in [4.78, 5) is 18.9. The van der Waals surface area contributed by atoms with Gasteiger partial charge in [-0.3, -0.25) is 10.2 Å². The smallest absolute Gasteiger partial charge is 0.192 e. The summed E-state index contributed by atoms with van der Waals surface area (Å²) in [6.07, 6.45) is 3.02. The van der Waals surface area contributed by atoms with E-state index < -0.39 is 0 Å². The number of piperidine rings is 1. The molecular formula is C17H20N4O. The number of ketones is 1. The number of anilines is 2. The molecule has 0 amide bonds. The van der Waals surface area contributed by atoms with Gasteiger partial charge in [0.05, 0.1) is 17.4 Å². The fraction of sp³-hybridized carbons (Fsp3) is 0.412. The monoisotopic (exact) mass is 296 g/mol. The van der Waals surface area contributed by atoms with E-state index in [1.54, 1.807) is 0 Å². The van der Waals surface area contributed by atoms with Gasteiger partial charge in [0.25, 0.3) is 0 Å². The zero-order chi connectivity index (χ0) is 15.4. The number of para-hydroxylation sites is 2. The molecule has 5 heteroatoms. The predicted octanol–water partition coefficient (Wildman–Crippen LogP) is 2.20. The van der Waals surface area contributed by atoms with E-state index in [1.807, 2.05) is 40.9 Å². The van der Waals surface area contributed by atoms with Gasteiger partial charge in [-0.25, -0.2) is 0 Å². The molecule has 0 bridgehead atoms. The van der Waals surface area contributed by atoms with Crippen LogP contribution in [0.5, 0.6) is 0 Å². The van der Waals surface area contributed by atoms with Crippen LogP contribution < -0.4 is 9.80 Å². The number of hydrogen-bond acceptors (Lipinski definition) is 4. The maximum absolute atomic E-state index is 12.9. The Morgan fingerprint density at radius 3 is 2.32 bits per heavy atom. The molecule has 114 valence electrons. The maximum Gasteiger partial charge on any atom is 0.192 e. The Hall–Kier alpha value is -2.30. The summed E-state index contributed by atoms with van der Waals surface area (Å²) in [6, 6.07) is 7.99. The molecule has 0 saturated carbocycles. The van der Waals surface area contributed by atoms with E-state index in [4.69, 9.17) is 5.41 Å². The van der Waals surface area contributed by atoms with Crippen molar-refractivity contribution in [3.05, 3.63) is 35.7 Å². The average Bonchev–Trinajstić information content (AvgIpc) is 2.94. The van der Waals surface area contributed by atoms with Gasteiger partial charge in [0.1, 0.15) is 17.2 Å². The minimum Gasteiger partial charge on any atom is -0.346 e. The van der Waals surface area contributed by atoms with Crippen molar-refractivity contribution in [1.29, 1.82) is 5.41 Å². The number of fused-ring (bicyclic) bond motifs is 2. The van der Waals surface area contributed by atoms with Gasteiger partial charge < -0.3 is 14.7 Å². The van der Waals surface area contributed by atoms with Gasteiger partial charge in [0.15, 0.2) is 5.78 Å². The minimum absolute atomic E-state index is 0.116. The highest BCUT2D eigenvalue weighted by molar-refractivity contribution is 6.28. The predicted molar refractivity (Wildman–Crippen MR) is 87.4 cm³/mol. The lowest BCUT2D eigenvalue weighted by Crippen LogP contribution is -2.39. The lowest BCUT2D eigenvalue weighted by Gasteiger charge is -2.29. The molecule has 1 atom stereocenters. The number of hydrogen-bond donors (Lipinski definition) is 1. The maximum atomic E-state index is 12.9. The molecule has 0 unspecified atom stereocenters. The van der Waals surface area contributed by atoms with Crippen molar-refractivity contribution in [1.82, 2.24) is 4.90 Å². The van der Waals surface area contributed by atoms with E-state index >= 15 is 0 Å². The first-order valence-electron chi connectivity index (χ1n) is 7.82. The summed E-state index contributed by atoms with van der Waals surface area (Å²) in [5.41, 5.74) is 2.74. The SMILES string of the molecule is CN1C(=C2C(=N)N3CCCC[C@@H]3C2=O)N(C)c2ccccc21. The van der Waals surface area contributed by atoms with Gasteiger partial charge in [-0.2, -0.15) is 0 Å². The number of amidine groups is 1. The van der Waals surface area contributed by atoms with Crippen LogP contribution in [0.15, 0.2) is 35.7 Å². The first kappa shape index (κ1) is 13.4. The van der Waals surface area contributed by atoms with Crippen LogP contribution in [-0.4, -0.2) is 43.2 Å². The molecule has 0 aliphatic carbocycles. The molecule has 1 aromatic carbocycles. The molecule has 3 aliphatic heterocycles. The van der Waals surface area contributed by atoms with Crippen LogP contribution in [-0.2, 0) is 4.79 Å².